The van der Waals surface area contributed by atoms with E-state index in [1.54, 1.807) is 6.26 Å². The molecule has 1 saturated heterocycles. The minimum atomic E-state index is -0.0141. The molecular weight excluding hydrogens is 588 g/mol. The molecule has 6 rings (SSSR count). The molecule has 1 fully saturated rings. The van der Waals surface area contributed by atoms with Crippen molar-refractivity contribution in [2.75, 3.05) is 32.7 Å². The monoisotopic (exact) mass is 616 g/mol. The number of piperazine rings is 1. The molecule has 0 radical (unpaired) electrons. The van der Waals surface area contributed by atoms with E-state index in [1.165, 1.54) is 28.7 Å². The van der Waals surface area contributed by atoms with Crippen molar-refractivity contribution in [2.24, 2.45) is 0 Å². The molecule has 0 bridgehead atoms. The van der Waals surface area contributed by atoms with Crippen LogP contribution >= 0.6 is 34.7 Å². The van der Waals surface area contributed by atoms with E-state index in [0.717, 1.165) is 35.9 Å². The van der Waals surface area contributed by atoms with Crippen molar-refractivity contribution in [3.63, 3.8) is 0 Å². The van der Waals surface area contributed by atoms with Crippen LogP contribution in [0.4, 0.5) is 0 Å². The zero-order chi connectivity index (χ0) is 28.9. The molecule has 1 aliphatic heterocycles. The molecule has 1 aliphatic rings. The molecule has 0 spiro atoms. The number of aromatic nitrogens is 4. The van der Waals surface area contributed by atoms with E-state index < -0.39 is 0 Å². The molecule has 1 amide bonds. The molecule has 0 aliphatic carbocycles. The summed E-state index contributed by atoms with van der Waals surface area (Å²) in [7, 11) is 0. The van der Waals surface area contributed by atoms with Crippen LogP contribution in [-0.4, -0.2) is 68.2 Å². The predicted molar refractivity (Wildman–Crippen MR) is 168 cm³/mol. The second kappa shape index (κ2) is 13.1. The fraction of sp³-hybridized carbons (Fsp3) is 0.226. The van der Waals surface area contributed by atoms with Crippen molar-refractivity contribution in [3.8, 4) is 17.3 Å². The van der Waals surface area contributed by atoms with Crippen molar-refractivity contribution in [2.45, 2.75) is 17.8 Å². The fourth-order valence-electron chi connectivity index (χ4n) is 4.77. The molecule has 3 aromatic heterocycles. The number of amides is 1. The molecule has 0 saturated carbocycles. The summed E-state index contributed by atoms with van der Waals surface area (Å²) in [5, 5.41) is 12.9. The number of thioether (sulfide) groups is 1. The van der Waals surface area contributed by atoms with E-state index in [1.807, 2.05) is 70.3 Å². The number of hydrogen-bond donors (Lipinski definition) is 0. The molecule has 5 aromatic rings. The molecule has 214 valence electrons. The summed E-state index contributed by atoms with van der Waals surface area (Å²) in [4.78, 5) is 22.2. The third kappa shape index (κ3) is 6.52. The molecule has 11 heteroatoms. The zero-order valence-electron chi connectivity index (χ0n) is 23.0. The molecule has 0 atom stereocenters. The van der Waals surface area contributed by atoms with Crippen molar-refractivity contribution in [3.05, 3.63) is 105 Å². The Balaban J connectivity index is 1.08. The Kier molecular flexibility index (Phi) is 8.85. The van der Waals surface area contributed by atoms with Gasteiger partial charge in [0.15, 0.2) is 10.9 Å². The van der Waals surface area contributed by atoms with E-state index in [2.05, 4.69) is 44.4 Å². The fourth-order valence-corrected chi connectivity index (χ4v) is 6.67. The number of rotatable bonds is 9. The smallest absolute Gasteiger partial charge is 0.273 e. The highest BCUT2D eigenvalue weighted by Gasteiger charge is 2.24. The number of thiazole rings is 1. The quantitative estimate of drug-likeness (QED) is 0.170. The number of furan rings is 1. The lowest BCUT2D eigenvalue weighted by Gasteiger charge is -2.33. The molecule has 8 nitrogen and oxygen atoms in total. The average molecular weight is 617 g/mol. The van der Waals surface area contributed by atoms with E-state index in [9.17, 15) is 4.79 Å². The van der Waals surface area contributed by atoms with Crippen molar-refractivity contribution < 1.29 is 9.21 Å². The van der Waals surface area contributed by atoms with Crippen LogP contribution in [0.2, 0.25) is 5.02 Å². The minimum Gasteiger partial charge on any atom is -0.461 e. The molecule has 2 aromatic carbocycles. The van der Waals surface area contributed by atoms with Crippen LogP contribution in [0.1, 0.15) is 26.6 Å². The topological polar surface area (TPSA) is 80.3 Å². The average Bonchev–Trinajstić information content (AvgIpc) is 3.79. The number of carbonyl (C=O) groups is 1. The van der Waals surface area contributed by atoms with Crippen LogP contribution in [0.3, 0.4) is 0 Å². The molecule has 4 heterocycles. The van der Waals surface area contributed by atoms with Gasteiger partial charge >= 0.3 is 0 Å². The maximum atomic E-state index is 13.2. The predicted octanol–water partition coefficient (Wildman–Crippen LogP) is 6.71. The zero-order valence-corrected chi connectivity index (χ0v) is 25.4. The molecule has 0 N–H and O–H groups in total. The Hall–Kier alpha value is -3.70. The van der Waals surface area contributed by atoms with Crippen molar-refractivity contribution in [1.82, 2.24) is 29.5 Å². The van der Waals surface area contributed by atoms with Gasteiger partial charge in [-0.3, -0.25) is 14.3 Å². The molecular formula is C31H29ClN6O2S2. The Labute approximate surface area is 257 Å². The lowest BCUT2D eigenvalue weighted by atomic mass is 10.2. The van der Waals surface area contributed by atoms with Gasteiger partial charge in [0.25, 0.3) is 5.91 Å². The summed E-state index contributed by atoms with van der Waals surface area (Å²) < 4.78 is 7.59. The van der Waals surface area contributed by atoms with Gasteiger partial charge in [-0.05, 0) is 42.3 Å². The summed E-state index contributed by atoms with van der Waals surface area (Å²) in [6.45, 7) is 5.96. The maximum absolute atomic E-state index is 13.2. The van der Waals surface area contributed by atoms with Gasteiger partial charge in [0.1, 0.15) is 10.7 Å². The summed E-state index contributed by atoms with van der Waals surface area (Å²) in [6.07, 6.45) is 5.94. The second-order valence-corrected chi connectivity index (χ2v) is 12.2. The van der Waals surface area contributed by atoms with Gasteiger partial charge in [-0.2, -0.15) is 0 Å². The van der Waals surface area contributed by atoms with Gasteiger partial charge in [0.2, 0.25) is 5.82 Å². The Morgan fingerprint density at radius 2 is 1.90 bits per heavy atom. The Morgan fingerprint density at radius 1 is 1.07 bits per heavy atom. The summed E-state index contributed by atoms with van der Waals surface area (Å²) in [5.74, 6) is 1.75. The first-order valence-corrected chi connectivity index (χ1v) is 15.9. The van der Waals surface area contributed by atoms with E-state index in [0.29, 0.717) is 46.3 Å². The van der Waals surface area contributed by atoms with Crippen LogP contribution in [0, 0.1) is 6.92 Å². The number of halogens is 1. The van der Waals surface area contributed by atoms with Gasteiger partial charge in [-0.25, -0.2) is 4.98 Å². The highest BCUT2D eigenvalue weighted by Crippen LogP contribution is 2.33. The SMILES string of the molecule is Cc1ccc(Cl)cc1-n1c(SCc2nc(C(=O)N3CCN(C/C=C/c4ccccc4)CC3)cs2)nnc1-c1ccco1. The number of benzene rings is 2. The molecule has 42 heavy (non-hydrogen) atoms. The summed E-state index contributed by atoms with van der Waals surface area (Å²) in [5.41, 5.74) is 3.60. The van der Waals surface area contributed by atoms with Gasteiger partial charge in [0.05, 0.1) is 17.7 Å². The number of carbonyl (C=O) groups excluding carboxylic acids is 1. The van der Waals surface area contributed by atoms with Crippen LogP contribution in [-0.2, 0) is 5.75 Å². The second-order valence-electron chi connectivity index (χ2n) is 9.87. The largest absolute Gasteiger partial charge is 0.461 e. The maximum Gasteiger partial charge on any atom is 0.273 e. The normalized spacial score (nSPS) is 14.2. The molecule has 0 unspecified atom stereocenters. The van der Waals surface area contributed by atoms with Gasteiger partial charge in [-0.1, -0.05) is 71.9 Å². The third-order valence-corrected chi connectivity index (χ3v) is 9.22. The number of nitrogens with zero attached hydrogens (tertiary/aromatic N) is 6. The van der Waals surface area contributed by atoms with Gasteiger partial charge in [0, 0.05) is 43.1 Å². The van der Waals surface area contributed by atoms with E-state index in [4.69, 9.17) is 16.0 Å². The van der Waals surface area contributed by atoms with Crippen LogP contribution in [0.5, 0.6) is 0 Å². The lowest BCUT2D eigenvalue weighted by Crippen LogP contribution is -2.48. The highest BCUT2D eigenvalue weighted by atomic mass is 35.5. The first kappa shape index (κ1) is 28.4. The Bertz CT molecular complexity index is 1670. The van der Waals surface area contributed by atoms with Gasteiger partial charge in [-0.15, -0.1) is 21.5 Å². The lowest BCUT2D eigenvalue weighted by molar-refractivity contribution is 0.0645. The van der Waals surface area contributed by atoms with Crippen molar-refractivity contribution in [1.29, 1.82) is 0 Å². The first-order chi connectivity index (χ1) is 20.5. The highest BCUT2D eigenvalue weighted by molar-refractivity contribution is 7.98. The Morgan fingerprint density at radius 3 is 2.69 bits per heavy atom. The third-order valence-electron chi connectivity index (χ3n) is 7.02. The van der Waals surface area contributed by atoms with Crippen LogP contribution in [0.15, 0.2) is 88.0 Å². The first-order valence-electron chi connectivity index (χ1n) is 13.6. The number of aryl methyl sites for hydroxylation is 1. The van der Waals surface area contributed by atoms with Crippen molar-refractivity contribution >= 4 is 46.7 Å². The van der Waals surface area contributed by atoms with Crippen LogP contribution < -0.4 is 0 Å². The summed E-state index contributed by atoms with van der Waals surface area (Å²) >= 11 is 9.35. The van der Waals surface area contributed by atoms with Gasteiger partial charge < -0.3 is 9.32 Å². The summed E-state index contributed by atoms with van der Waals surface area (Å²) in [6, 6.07) is 19.7. The standard InChI is InChI=1S/C31H29ClN6O2S2/c1-22-11-12-24(32)19-26(22)38-29(27-10-6-18-40-27)34-35-31(38)42-21-28-33-25(20-41-28)30(39)37-16-14-36(15-17-37)13-5-9-23-7-3-2-4-8-23/h2-12,18-20H,13-17,21H2,1H3/b9-5+. The van der Waals surface area contributed by atoms with Crippen LogP contribution in [0.25, 0.3) is 23.3 Å². The minimum absolute atomic E-state index is 0.0141. The van der Waals surface area contributed by atoms with E-state index >= 15 is 0 Å². The van der Waals surface area contributed by atoms with E-state index in [-0.39, 0.29) is 5.91 Å². The number of hydrogen-bond acceptors (Lipinski definition) is 8.